The lowest BCUT2D eigenvalue weighted by Gasteiger charge is -2.58. The van der Waals surface area contributed by atoms with Crippen molar-refractivity contribution in [1.82, 2.24) is 19.6 Å². The molecule has 6 rings (SSSR count). The second kappa shape index (κ2) is 6.83. The van der Waals surface area contributed by atoms with Crippen LogP contribution < -0.4 is 0 Å². The summed E-state index contributed by atoms with van der Waals surface area (Å²) in [7, 11) is 0. The highest BCUT2D eigenvalue weighted by Crippen LogP contribution is 2.62. The number of fused-ring (bicyclic) bond motifs is 1. The van der Waals surface area contributed by atoms with E-state index in [-0.39, 0.29) is 12.1 Å². The zero-order chi connectivity index (χ0) is 21.2. The summed E-state index contributed by atoms with van der Waals surface area (Å²) in [6.07, 6.45) is 13.2. The second-order valence-corrected chi connectivity index (χ2v) is 10.2. The van der Waals surface area contributed by atoms with E-state index >= 15 is 0 Å². The van der Waals surface area contributed by atoms with E-state index in [0.29, 0.717) is 11.3 Å². The number of rotatable bonds is 5. The van der Waals surface area contributed by atoms with Crippen LogP contribution in [0.4, 0.5) is 0 Å². The number of hydrogen-bond acceptors (Lipinski definition) is 2. The summed E-state index contributed by atoms with van der Waals surface area (Å²) >= 11 is 0. The van der Waals surface area contributed by atoms with Gasteiger partial charge in [0.1, 0.15) is 0 Å². The van der Waals surface area contributed by atoms with Crippen molar-refractivity contribution in [3.05, 3.63) is 70.4 Å². The molecule has 1 unspecified atom stereocenters. The predicted octanol–water partition coefficient (Wildman–Crippen LogP) is 5.86. The smallest absolute Gasteiger partial charge is 0.154 e. The summed E-state index contributed by atoms with van der Waals surface area (Å²) < 4.78 is 4.45. The molecule has 1 fully saturated rings. The molecule has 0 N–H and O–H groups in total. The Morgan fingerprint density at radius 3 is 2.03 bits per heavy atom. The van der Waals surface area contributed by atoms with Crippen LogP contribution in [-0.4, -0.2) is 19.6 Å². The van der Waals surface area contributed by atoms with E-state index in [2.05, 4.69) is 87.3 Å². The van der Waals surface area contributed by atoms with Gasteiger partial charge in [0.15, 0.2) is 6.17 Å². The third-order valence-electron chi connectivity index (χ3n) is 7.92. The van der Waals surface area contributed by atoms with Crippen molar-refractivity contribution in [2.24, 2.45) is 23.2 Å². The zero-order valence-electron chi connectivity index (χ0n) is 19.2. The standard InChI is InChI=1S/C26H34N4/c1-16-13-18(3)29(27-16)25(30-19(4)14-17(2)28-30)24(20-9-7-8-10-20)22-12-11-21-15-23(22)26(21,5)6/h7,9-10,12-14,21,23-25H,8,11,15H2,1-6H3/t21?,23-,24+/m0/s1. The van der Waals surface area contributed by atoms with Gasteiger partial charge in [-0.25, -0.2) is 9.36 Å². The van der Waals surface area contributed by atoms with Gasteiger partial charge in [0.25, 0.3) is 0 Å². The van der Waals surface area contributed by atoms with Crippen molar-refractivity contribution in [3.8, 4) is 0 Å². The molecule has 158 valence electrons. The second-order valence-electron chi connectivity index (χ2n) is 10.2. The van der Waals surface area contributed by atoms with Gasteiger partial charge in [-0.05, 0) is 81.9 Å². The normalized spacial score (nSPS) is 25.3. The number of aromatic nitrogens is 4. The minimum atomic E-state index is 0.0144. The fourth-order valence-corrected chi connectivity index (χ4v) is 6.20. The van der Waals surface area contributed by atoms with Crippen LogP contribution >= 0.6 is 0 Å². The van der Waals surface area contributed by atoms with E-state index < -0.39 is 0 Å². The molecule has 1 saturated carbocycles. The molecule has 30 heavy (non-hydrogen) atoms. The third-order valence-corrected chi connectivity index (χ3v) is 7.92. The first-order valence-corrected chi connectivity index (χ1v) is 11.4. The van der Waals surface area contributed by atoms with Crippen molar-refractivity contribution in [1.29, 1.82) is 0 Å². The van der Waals surface area contributed by atoms with Crippen molar-refractivity contribution in [2.75, 3.05) is 0 Å². The van der Waals surface area contributed by atoms with E-state index in [1.54, 1.807) is 5.57 Å². The molecule has 0 saturated heterocycles. The highest BCUT2D eigenvalue weighted by atomic mass is 15.5. The Morgan fingerprint density at radius 2 is 1.60 bits per heavy atom. The first-order chi connectivity index (χ1) is 14.3. The van der Waals surface area contributed by atoms with Crippen LogP contribution in [0.25, 0.3) is 0 Å². The molecular formula is C26H34N4. The van der Waals surface area contributed by atoms with E-state index in [9.17, 15) is 0 Å². The first kappa shape index (κ1) is 19.6. The van der Waals surface area contributed by atoms with Crippen LogP contribution in [0.1, 0.15) is 62.1 Å². The Bertz CT molecular complexity index is 1030. The van der Waals surface area contributed by atoms with Gasteiger partial charge in [0.05, 0.1) is 11.4 Å². The molecule has 2 aromatic rings. The molecular weight excluding hydrogens is 368 g/mol. The monoisotopic (exact) mass is 402 g/mol. The topological polar surface area (TPSA) is 35.6 Å². The zero-order valence-corrected chi connectivity index (χ0v) is 19.2. The lowest BCUT2D eigenvalue weighted by molar-refractivity contribution is -0.0148. The van der Waals surface area contributed by atoms with Gasteiger partial charge in [-0.15, -0.1) is 0 Å². The number of allylic oxidation sites excluding steroid dienone is 6. The first-order valence-electron chi connectivity index (χ1n) is 11.4. The molecule has 4 nitrogen and oxygen atoms in total. The van der Waals surface area contributed by atoms with E-state index in [1.807, 2.05) is 0 Å². The Morgan fingerprint density at radius 1 is 0.967 bits per heavy atom. The molecule has 3 atom stereocenters. The maximum Gasteiger partial charge on any atom is 0.154 e. The highest BCUT2D eigenvalue weighted by Gasteiger charge is 2.54. The maximum atomic E-state index is 4.98. The molecule has 0 amide bonds. The SMILES string of the molecule is Cc1cc(C)n(C([C@H](C2=CCC=C2)C2=CCC3C[C@@H]2C3(C)C)n2nc(C)cc2C)n1. The predicted molar refractivity (Wildman–Crippen MR) is 121 cm³/mol. The van der Waals surface area contributed by atoms with Gasteiger partial charge >= 0.3 is 0 Å². The molecule has 0 aliphatic heterocycles. The molecule has 4 aliphatic rings. The van der Waals surface area contributed by atoms with Gasteiger partial charge < -0.3 is 0 Å². The summed E-state index contributed by atoms with van der Waals surface area (Å²) in [5.41, 5.74) is 7.93. The molecule has 4 heteroatoms. The van der Waals surface area contributed by atoms with E-state index in [0.717, 1.165) is 23.7 Å². The van der Waals surface area contributed by atoms with E-state index in [4.69, 9.17) is 10.2 Å². The van der Waals surface area contributed by atoms with Crippen molar-refractivity contribution in [2.45, 2.75) is 67.0 Å². The molecule has 0 aromatic carbocycles. The lowest BCUT2D eigenvalue weighted by Crippen LogP contribution is -2.50. The molecule has 4 aliphatic carbocycles. The van der Waals surface area contributed by atoms with Crippen LogP contribution in [0, 0.1) is 50.9 Å². The average Bonchev–Trinajstić information content (AvgIpc) is 3.40. The van der Waals surface area contributed by atoms with Crippen LogP contribution in [0.3, 0.4) is 0 Å². The third kappa shape index (κ3) is 2.87. The Kier molecular flexibility index (Phi) is 4.46. The molecule has 2 heterocycles. The van der Waals surface area contributed by atoms with Crippen molar-refractivity contribution in [3.63, 3.8) is 0 Å². The van der Waals surface area contributed by atoms with Gasteiger partial charge in [0, 0.05) is 17.3 Å². The fourth-order valence-electron chi connectivity index (χ4n) is 6.20. The summed E-state index contributed by atoms with van der Waals surface area (Å²) in [6, 6.07) is 4.38. The largest absolute Gasteiger partial charge is 0.244 e. The molecule has 2 aromatic heterocycles. The van der Waals surface area contributed by atoms with Gasteiger partial charge in [-0.3, -0.25) is 0 Å². The fraction of sp³-hybridized carbons (Fsp3) is 0.538. The van der Waals surface area contributed by atoms with Crippen molar-refractivity contribution < 1.29 is 0 Å². The van der Waals surface area contributed by atoms with Crippen LogP contribution in [0.15, 0.2) is 47.6 Å². The summed E-state index contributed by atoms with van der Waals surface area (Å²) in [5.74, 6) is 1.73. The van der Waals surface area contributed by atoms with E-state index in [1.165, 1.54) is 29.8 Å². The van der Waals surface area contributed by atoms with Crippen LogP contribution in [0.2, 0.25) is 0 Å². The van der Waals surface area contributed by atoms with Gasteiger partial charge in [-0.2, -0.15) is 10.2 Å². The molecule has 0 spiro atoms. The minimum Gasteiger partial charge on any atom is -0.244 e. The van der Waals surface area contributed by atoms with Crippen molar-refractivity contribution >= 4 is 0 Å². The number of hydrogen-bond donors (Lipinski definition) is 0. The number of nitrogens with zero attached hydrogens (tertiary/aromatic N) is 4. The summed E-state index contributed by atoms with van der Waals surface area (Å²) in [5, 5.41) is 9.95. The highest BCUT2D eigenvalue weighted by molar-refractivity contribution is 5.40. The number of aryl methyl sites for hydroxylation is 4. The molecule has 2 bridgehead atoms. The average molecular weight is 403 g/mol. The van der Waals surface area contributed by atoms with Crippen LogP contribution in [0.5, 0.6) is 0 Å². The van der Waals surface area contributed by atoms with Crippen LogP contribution in [-0.2, 0) is 0 Å². The molecule has 0 radical (unpaired) electrons. The lowest BCUT2D eigenvalue weighted by atomic mass is 9.47. The minimum absolute atomic E-state index is 0.0144. The maximum absolute atomic E-state index is 4.98. The Labute approximate surface area is 180 Å². The Hall–Kier alpha value is -2.36. The Balaban J connectivity index is 1.71. The quantitative estimate of drug-likeness (QED) is 0.588. The summed E-state index contributed by atoms with van der Waals surface area (Å²) in [4.78, 5) is 0. The van der Waals surface area contributed by atoms with Gasteiger partial charge in [0.2, 0.25) is 0 Å². The summed E-state index contributed by atoms with van der Waals surface area (Å²) in [6.45, 7) is 13.5. The van der Waals surface area contributed by atoms with Gasteiger partial charge in [-0.1, -0.05) is 43.7 Å².